The lowest BCUT2D eigenvalue weighted by molar-refractivity contribution is -0.137. The summed E-state index contributed by atoms with van der Waals surface area (Å²) >= 11 is 0. The van der Waals surface area contributed by atoms with Crippen LogP contribution in [0.25, 0.3) is 0 Å². The molecule has 0 bridgehead atoms. The molecule has 0 radical (unpaired) electrons. The van der Waals surface area contributed by atoms with Gasteiger partial charge in [0.15, 0.2) is 0 Å². The highest BCUT2D eigenvalue weighted by Gasteiger charge is 2.57. The standard InChI is InChI=1S/C17H21F3N2O2/c18-17(19,20)12-2-1-3-13(10-12)24-9-8-22-15(23)14-11-16(14)4-6-21-7-5-16/h1-3,10,14,21H,4-9,11H2,(H,22,23)/t14-/m0/s1. The van der Waals surface area contributed by atoms with Gasteiger partial charge in [0.1, 0.15) is 12.4 Å². The van der Waals surface area contributed by atoms with Crippen molar-refractivity contribution in [3.8, 4) is 5.75 Å². The highest BCUT2D eigenvalue weighted by molar-refractivity contribution is 5.82. The van der Waals surface area contributed by atoms with E-state index < -0.39 is 11.7 Å². The first-order chi connectivity index (χ1) is 11.4. The fourth-order valence-corrected chi connectivity index (χ4v) is 3.42. The number of nitrogens with one attached hydrogen (secondary N) is 2. The summed E-state index contributed by atoms with van der Waals surface area (Å²) in [5.74, 6) is 0.262. The van der Waals surface area contributed by atoms with Gasteiger partial charge in [0.05, 0.1) is 12.1 Å². The van der Waals surface area contributed by atoms with Crippen LogP contribution in [0, 0.1) is 11.3 Å². The lowest BCUT2D eigenvalue weighted by atomic mass is 9.92. The minimum absolute atomic E-state index is 0.0320. The Morgan fingerprint density at radius 2 is 2.08 bits per heavy atom. The molecule has 7 heteroatoms. The summed E-state index contributed by atoms with van der Waals surface area (Å²) < 4.78 is 43.1. The average Bonchev–Trinajstić information content (AvgIpc) is 3.25. The molecule has 3 rings (SSSR count). The molecule has 132 valence electrons. The molecule has 1 spiro atoms. The molecule has 1 saturated heterocycles. The Hall–Kier alpha value is -1.76. The molecule has 1 saturated carbocycles. The summed E-state index contributed by atoms with van der Waals surface area (Å²) in [5.41, 5.74) is -0.563. The Morgan fingerprint density at radius 3 is 2.79 bits per heavy atom. The van der Waals surface area contributed by atoms with Gasteiger partial charge in [-0.1, -0.05) is 6.07 Å². The number of hydrogen-bond donors (Lipinski definition) is 2. The van der Waals surface area contributed by atoms with E-state index >= 15 is 0 Å². The van der Waals surface area contributed by atoms with Gasteiger partial charge in [-0.05, 0) is 56.0 Å². The van der Waals surface area contributed by atoms with Crippen LogP contribution in [0.15, 0.2) is 24.3 Å². The van der Waals surface area contributed by atoms with Crippen LogP contribution in [-0.4, -0.2) is 32.1 Å². The van der Waals surface area contributed by atoms with Gasteiger partial charge in [-0.25, -0.2) is 0 Å². The molecule has 1 aliphatic carbocycles. The average molecular weight is 342 g/mol. The maximum absolute atomic E-state index is 12.6. The minimum atomic E-state index is -4.39. The Morgan fingerprint density at radius 1 is 1.33 bits per heavy atom. The van der Waals surface area contributed by atoms with Crippen LogP contribution < -0.4 is 15.4 Å². The summed E-state index contributed by atoms with van der Waals surface area (Å²) in [7, 11) is 0. The van der Waals surface area contributed by atoms with Crippen LogP contribution in [0.3, 0.4) is 0 Å². The lowest BCUT2D eigenvalue weighted by Gasteiger charge is -2.23. The molecule has 1 heterocycles. The third-order valence-corrected chi connectivity index (χ3v) is 4.94. The second-order valence-electron chi connectivity index (χ2n) is 6.53. The molecule has 0 aromatic heterocycles. The van der Waals surface area contributed by atoms with E-state index in [1.165, 1.54) is 12.1 Å². The molecule has 0 unspecified atom stereocenters. The van der Waals surface area contributed by atoms with Crippen LogP contribution in [-0.2, 0) is 11.0 Å². The quantitative estimate of drug-likeness (QED) is 0.809. The van der Waals surface area contributed by atoms with E-state index in [2.05, 4.69) is 10.6 Å². The fourth-order valence-electron chi connectivity index (χ4n) is 3.42. The summed E-state index contributed by atoms with van der Waals surface area (Å²) in [5, 5.41) is 6.12. The van der Waals surface area contributed by atoms with Crippen molar-refractivity contribution in [3.63, 3.8) is 0 Å². The van der Waals surface area contributed by atoms with E-state index in [1.54, 1.807) is 0 Å². The molecule has 4 nitrogen and oxygen atoms in total. The molecule has 1 amide bonds. The zero-order chi connectivity index (χ0) is 17.2. The van der Waals surface area contributed by atoms with Crippen LogP contribution in [0.5, 0.6) is 5.75 Å². The van der Waals surface area contributed by atoms with Crippen molar-refractivity contribution >= 4 is 5.91 Å². The molecule has 2 N–H and O–H groups in total. The van der Waals surface area contributed by atoms with Gasteiger partial charge >= 0.3 is 6.18 Å². The summed E-state index contributed by atoms with van der Waals surface area (Å²) in [6.45, 7) is 2.36. The summed E-state index contributed by atoms with van der Waals surface area (Å²) in [4.78, 5) is 12.1. The van der Waals surface area contributed by atoms with Gasteiger partial charge in [0, 0.05) is 5.92 Å². The molecule has 1 atom stereocenters. The van der Waals surface area contributed by atoms with Crippen molar-refractivity contribution in [2.45, 2.75) is 25.4 Å². The number of benzene rings is 1. The first-order valence-corrected chi connectivity index (χ1v) is 8.19. The van der Waals surface area contributed by atoms with E-state index in [0.29, 0.717) is 6.54 Å². The first-order valence-electron chi connectivity index (χ1n) is 8.19. The SMILES string of the molecule is O=C(NCCOc1cccc(C(F)(F)F)c1)[C@@H]1CC12CCNCC2. The van der Waals surface area contributed by atoms with Gasteiger partial charge in [-0.15, -0.1) is 0 Å². The lowest BCUT2D eigenvalue weighted by Crippen LogP contribution is -2.35. The van der Waals surface area contributed by atoms with E-state index in [4.69, 9.17) is 4.74 Å². The number of hydrogen-bond acceptors (Lipinski definition) is 3. The predicted octanol–water partition coefficient (Wildman–Crippen LogP) is 2.59. The van der Waals surface area contributed by atoms with E-state index in [9.17, 15) is 18.0 Å². The van der Waals surface area contributed by atoms with Crippen molar-refractivity contribution in [3.05, 3.63) is 29.8 Å². The highest BCUT2D eigenvalue weighted by atomic mass is 19.4. The first kappa shape index (κ1) is 17.1. The number of carbonyl (C=O) groups excluding carboxylic acids is 1. The maximum Gasteiger partial charge on any atom is 0.416 e. The van der Waals surface area contributed by atoms with Crippen molar-refractivity contribution in [1.29, 1.82) is 0 Å². The number of rotatable bonds is 5. The van der Waals surface area contributed by atoms with E-state index in [-0.39, 0.29) is 29.6 Å². The third kappa shape index (κ3) is 3.83. The molecular weight excluding hydrogens is 321 g/mol. The largest absolute Gasteiger partial charge is 0.492 e. The van der Waals surface area contributed by atoms with Crippen LogP contribution in [0.4, 0.5) is 13.2 Å². The van der Waals surface area contributed by atoms with E-state index in [0.717, 1.165) is 44.5 Å². The zero-order valence-corrected chi connectivity index (χ0v) is 13.3. The van der Waals surface area contributed by atoms with Gasteiger partial charge in [0.2, 0.25) is 5.91 Å². The Bertz CT molecular complexity index is 598. The number of amides is 1. The monoisotopic (exact) mass is 342 g/mol. The number of halogens is 3. The topological polar surface area (TPSA) is 50.4 Å². The number of carbonyl (C=O) groups is 1. The van der Waals surface area contributed by atoms with Gasteiger partial charge in [-0.3, -0.25) is 4.79 Å². The van der Waals surface area contributed by atoms with Crippen LogP contribution in [0.1, 0.15) is 24.8 Å². The van der Waals surface area contributed by atoms with Crippen molar-refractivity contribution in [2.24, 2.45) is 11.3 Å². The summed E-state index contributed by atoms with van der Waals surface area (Å²) in [6, 6.07) is 4.75. The zero-order valence-electron chi connectivity index (χ0n) is 13.3. The second kappa shape index (κ2) is 6.63. The van der Waals surface area contributed by atoms with Gasteiger partial charge in [0.25, 0.3) is 0 Å². The third-order valence-electron chi connectivity index (χ3n) is 4.94. The van der Waals surface area contributed by atoms with E-state index in [1.807, 2.05) is 0 Å². The van der Waals surface area contributed by atoms with Crippen molar-refractivity contribution in [2.75, 3.05) is 26.2 Å². The molecular formula is C17H21F3N2O2. The Balaban J connectivity index is 1.41. The predicted molar refractivity (Wildman–Crippen MR) is 82.6 cm³/mol. The smallest absolute Gasteiger partial charge is 0.416 e. The normalized spacial score (nSPS) is 22.2. The number of piperidine rings is 1. The fraction of sp³-hybridized carbons (Fsp3) is 0.588. The second-order valence-corrected chi connectivity index (χ2v) is 6.53. The number of ether oxygens (including phenoxy) is 1. The van der Waals surface area contributed by atoms with Crippen LogP contribution in [0.2, 0.25) is 0 Å². The Labute approximate surface area is 138 Å². The van der Waals surface area contributed by atoms with Gasteiger partial charge < -0.3 is 15.4 Å². The Kier molecular flexibility index (Phi) is 4.71. The van der Waals surface area contributed by atoms with Gasteiger partial charge in [-0.2, -0.15) is 13.2 Å². The molecule has 24 heavy (non-hydrogen) atoms. The molecule has 1 aromatic rings. The maximum atomic E-state index is 12.6. The van der Waals surface area contributed by atoms with Crippen molar-refractivity contribution in [1.82, 2.24) is 10.6 Å². The molecule has 1 aliphatic heterocycles. The highest BCUT2D eigenvalue weighted by Crippen LogP contribution is 2.58. The molecule has 2 fully saturated rings. The van der Waals surface area contributed by atoms with Crippen molar-refractivity contribution < 1.29 is 22.7 Å². The molecule has 2 aliphatic rings. The minimum Gasteiger partial charge on any atom is -0.492 e. The molecule has 1 aromatic carbocycles. The summed E-state index contributed by atoms with van der Waals surface area (Å²) in [6.07, 6.45) is -1.38. The van der Waals surface area contributed by atoms with Crippen LogP contribution >= 0.6 is 0 Å². The number of alkyl halides is 3.